The van der Waals surface area contributed by atoms with Crippen molar-refractivity contribution in [3.05, 3.63) is 46.5 Å². The first-order valence-corrected chi connectivity index (χ1v) is 7.03. The SMILES string of the molecule is O=C(c1cnc2ccccn2c1=O)N1CCCCCC1. The zero-order valence-electron chi connectivity index (χ0n) is 11.3. The summed E-state index contributed by atoms with van der Waals surface area (Å²) in [6, 6.07) is 5.33. The van der Waals surface area contributed by atoms with E-state index in [1.807, 2.05) is 6.07 Å². The summed E-state index contributed by atoms with van der Waals surface area (Å²) in [7, 11) is 0. The van der Waals surface area contributed by atoms with Crippen molar-refractivity contribution in [1.29, 1.82) is 0 Å². The van der Waals surface area contributed by atoms with Gasteiger partial charge in [0.05, 0.1) is 0 Å². The van der Waals surface area contributed by atoms with Gasteiger partial charge in [-0.1, -0.05) is 18.9 Å². The Bertz CT molecular complexity index is 685. The number of nitrogens with zero attached hydrogens (tertiary/aromatic N) is 3. The molecular formula is C15H17N3O2. The molecule has 5 nitrogen and oxygen atoms in total. The van der Waals surface area contributed by atoms with Crippen LogP contribution in [0.25, 0.3) is 5.65 Å². The van der Waals surface area contributed by atoms with E-state index in [0.29, 0.717) is 5.65 Å². The van der Waals surface area contributed by atoms with Crippen LogP contribution in [0.4, 0.5) is 0 Å². The summed E-state index contributed by atoms with van der Waals surface area (Å²) >= 11 is 0. The van der Waals surface area contributed by atoms with Gasteiger partial charge in [0.1, 0.15) is 11.2 Å². The molecule has 3 heterocycles. The Morgan fingerprint density at radius 2 is 1.85 bits per heavy atom. The van der Waals surface area contributed by atoms with Crippen LogP contribution in [0.1, 0.15) is 36.0 Å². The van der Waals surface area contributed by atoms with Crippen LogP contribution >= 0.6 is 0 Å². The second-order valence-electron chi connectivity index (χ2n) is 5.11. The molecule has 20 heavy (non-hydrogen) atoms. The molecule has 0 spiro atoms. The fourth-order valence-electron chi connectivity index (χ4n) is 2.62. The maximum Gasteiger partial charge on any atom is 0.270 e. The van der Waals surface area contributed by atoms with Gasteiger partial charge in [0.2, 0.25) is 0 Å². The largest absolute Gasteiger partial charge is 0.338 e. The highest BCUT2D eigenvalue weighted by Crippen LogP contribution is 2.12. The Labute approximate surface area is 116 Å². The number of hydrogen-bond donors (Lipinski definition) is 0. The van der Waals surface area contributed by atoms with Gasteiger partial charge in [0, 0.05) is 25.5 Å². The van der Waals surface area contributed by atoms with Crippen molar-refractivity contribution in [3.63, 3.8) is 0 Å². The smallest absolute Gasteiger partial charge is 0.270 e. The molecule has 2 aromatic rings. The molecule has 1 amide bonds. The van der Waals surface area contributed by atoms with Crippen LogP contribution in [0.15, 0.2) is 35.4 Å². The summed E-state index contributed by atoms with van der Waals surface area (Å²) in [4.78, 5) is 30.8. The Morgan fingerprint density at radius 3 is 2.60 bits per heavy atom. The molecule has 1 aliphatic heterocycles. The minimum atomic E-state index is -0.287. The fraction of sp³-hybridized carbons (Fsp3) is 0.400. The van der Waals surface area contributed by atoms with E-state index in [1.165, 1.54) is 10.6 Å². The van der Waals surface area contributed by atoms with Gasteiger partial charge in [-0.15, -0.1) is 0 Å². The minimum Gasteiger partial charge on any atom is -0.338 e. The van der Waals surface area contributed by atoms with Crippen LogP contribution in [-0.4, -0.2) is 33.3 Å². The summed E-state index contributed by atoms with van der Waals surface area (Å²) in [6.07, 6.45) is 7.37. The molecule has 1 aliphatic rings. The molecule has 0 radical (unpaired) electrons. The van der Waals surface area contributed by atoms with E-state index in [-0.39, 0.29) is 17.0 Å². The van der Waals surface area contributed by atoms with E-state index in [0.717, 1.165) is 38.8 Å². The Kier molecular flexibility index (Phi) is 3.50. The molecule has 0 bridgehead atoms. The van der Waals surface area contributed by atoms with Crippen molar-refractivity contribution in [3.8, 4) is 0 Å². The van der Waals surface area contributed by atoms with Crippen molar-refractivity contribution < 1.29 is 4.79 Å². The molecule has 0 unspecified atom stereocenters. The van der Waals surface area contributed by atoms with Crippen LogP contribution in [0, 0.1) is 0 Å². The number of carbonyl (C=O) groups is 1. The third-order valence-electron chi connectivity index (χ3n) is 3.74. The quantitative estimate of drug-likeness (QED) is 0.793. The number of amides is 1. The predicted molar refractivity (Wildman–Crippen MR) is 75.8 cm³/mol. The highest BCUT2D eigenvalue weighted by Gasteiger charge is 2.20. The fourth-order valence-corrected chi connectivity index (χ4v) is 2.62. The maximum atomic E-state index is 12.5. The third-order valence-corrected chi connectivity index (χ3v) is 3.74. The van der Waals surface area contributed by atoms with Crippen molar-refractivity contribution in [2.45, 2.75) is 25.7 Å². The van der Waals surface area contributed by atoms with E-state index in [9.17, 15) is 9.59 Å². The minimum absolute atomic E-state index is 0.163. The summed E-state index contributed by atoms with van der Waals surface area (Å²) in [6.45, 7) is 1.46. The van der Waals surface area contributed by atoms with Crippen LogP contribution in [0.5, 0.6) is 0 Å². The Morgan fingerprint density at radius 1 is 1.10 bits per heavy atom. The number of hydrogen-bond acceptors (Lipinski definition) is 3. The lowest BCUT2D eigenvalue weighted by Crippen LogP contribution is -2.36. The standard InChI is InChI=1S/C15H17N3O2/c19-14(17-8-4-1-2-5-9-17)12-11-16-13-7-3-6-10-18(13)15(12)20/h3,6-7,10-11H,1-2,4-5,8-9H2. The predicted octanol–water partition coefficient (Wildman–Crippen LogP) is 1.71. The lowest BCUT2D eigenvalue weighted by atomic mass is 10.2. The average molecular weight is 271 g/mol. The molecule has 0 aliphatic carbocycles. The van der Waals surface area contributed by atoms with E-state index < -0.39 is 0 Å². The second-order valence-corrected chi connectivity index (χ2v) is 5.11. The monoisotopic (exact) mass is 271 g/mol. The van der Waals surface area contributed by atoms with Gasteiger partial charge >= 0.3 is 0 Å². The molecule has 0 atom stereocenters. The Balaban J connectivity index is 1.99. The van der Waals surface area contributed by atoms with Crippen LogP contribution < -0.4 is 5.56 Å². The van der Waals surface area contributed by atoms with Gasteiger partial charge in [-0.05, 0) is 25.0 Å². The topological polar surface area (TPSA) is 54.7 Å². The third kappa shape index (κ3) is 2.31. The van der Waals surface area contributed by atoms with Gasteiger partial charge in [-0.25, -0.2) is 4.98 Å². The van der Waals surface area contributed by atoms with E-state index in [1.54, 1.807) is 23.2 Å². The van der Waals surface area contributed by atoms with E-state index in [2.05, 4.69) is 4.98 Å². The van der Waals surface area contributed by atoms with Crippen LogP contribution in [0.3, 0.4) is 0 Å². The van der Waals surface area contributed by atoms with Crippen molar-refractivity contribution in [2.75, 3.05) is 13.1 Å². The highest BCUT2D eigenvalue weighted by atomic mass is 16.2. The lowest BCUT2D eigenvalue weighted by Gasteiger charge is -2.19. The zero-order chi connectivity index (χ0) is 13.9. The Hall–Kier alpha value is -2.17. The van der Waals surface area contributed by atoms with E-state index >= 15 is 0 Å². The van der Waals surface area contributed by atoms with Crippen molar-refractivity contribution in [1.82, 2.24) is 14.3 Å². The van der Waals surface area contributed by atoms with E-state index in [4.69, 9.17) is 0 Å². The van der Waals surface area contributed by atoms with Gasteiger partial charge in [-0.2, -0.15) is 0 Å². The normalized spacial score (nSPS) is 16.1. The first-order valence-electron chi connectivity index (χ1n) is 7.03. The summed E-state index contributed by atoms with van der Waals surface area (Å²) in [5.41, 5.74) is 0.436. The van der Waals surface area contributed by atoms with Gasteiger partial charge < -0.3 is 4.90 Å². The lowest BCUT2D eigenvalue weighted by molar-refractivity contribution is 0.0759. The molecule has 0 saturated carbocycles. The molecule has 1 saturated heterocycles. The van der Waals surface area contributed by atoms with Crippen LogP contribution in [-0.2, 0) is 0 Å². The molecule has 104 valence electrons. The summed E-state index contributed by atoms with van der Waals surface area (Å²) in [5, 5.41) is 0. The summed E-state index contributed by atoms with van der Waals surface area (Å²) in [5.74, 6) is -0.192. The van der Waals surface area contributed by atoms with Gasteiger partial charge in [0.25, 0.3) is 11.5 Å². The number of aromatic nitrogens is 2. The maximum absolute atomic E-state index is 12.5. The highest BCUT2D eigenvalue weighted by molar-refractivity contribution is 5.93. The first kappa shape index (κ1) is 12.8. The zero-order valence-corrected chi connectivity index (χ0v) is 11.3. The molecular weight excluding hydrogens is 254 g/mol. The van der Waals surface area contributed by atoms with Gasteiger partial charge in [0.15, 0.2) is 0 Å². The number of carbonyl (C=O) groups excluding carboxylic acids is 1. The molecule has 5 heteroatoms. The van der Waals surface area contributed by atoms with Crippen molar-refractivity contribution in [2.24, 2.45) is 0 Å². The molecule has 0 N–H and O–H groups in total. The molecule has 0 aromatic carbocycles. The number of pyridine rings is 1. The number of likely N-dealkylation sites (tertiary alicyclic amines) is 1. The average Bonchev–Trinajstić information content (AvgIpc) is 2.76. The first-order chi connectivity index (χ1) is 9.77. The van der Waals surface area contributed by atoms with Crippen molar-refractivity contribution >= 4 is 11.6 Å². The molecule has 1 fully saturated rings. The summed E-state index contributed by atoms with van der Waals surface area (Å²) < 4.78 is 1.42. The molecule has 3 rings (SSSR count). The number of fused-ring (bicyclic) bond motifs is 1. The van der Waals surface area contributed by atoms with Gasteiger partial charge in [-0.3, -0.25) is 14.0 Å². The van der Waals surface area contributed by atoms with Crippen LogP contribution in [0.2, 0.25) is 0 Å². The number of rotatable bonds is 1. The molecule has 2 aromatic heterocycles. The second kappa shape index (κ2) is 5.45.